The lowest BCUT2D eigenvalue weighted by Crippen LogP contribution is -2.15. The summed E-state index contributed by atoms with van der Waals surface area (Å²) in [5.74, 6) is 0.0139. The van der Waals surface area contributed by atoms with E-state index in [1.807, 2.05) is 0 Å². The smallest absolute Gasteiger partial charge is 0.263 e. The first-order valence-corrected chi connectivity index (χ1v) is 8.35. The Labute approximate surface area is 138 Å². The number of aromatic nitrogens is 2. The van der Waals surface area contributed by atoms with Gasteiger partial charge < -0.3 is 0 Å². The van der Waals surface area contributed by atoms with Gasteiger partial charge in [-0.1, -0.05) is 50.7 Å². The van der Waals surface area contributed by atoms with E-state index >= 15 is 0 Å². The van der Waals surface area contributed by atoms with Crippen LogP contribution in [-0.4, -0.2) is 18.4 Å². The van der Waals surface area contributed by atoms with Gasteiger partial charge in [0, 0.05) is 10.5 Å². The lowest BCUT2D eigenvalue weighted by molar-refractivity contribution is 0.601. The minimum absolute atomic E-state index is 0.0139. The molecule has 10 heteroatoms. The van der Waals surface area contributed by atoms with Gasteiger partial charge in [0.05, 0.1) is 10.0 Å². The molecule has 0 atom stereocenters. The van der Waals surface area contributed by atoms with Crippen LogP contribution >= 0.6 is 50.7 Å². The third-order valence-electron chi connectivity index (χ3n) is 2.10. The molecule has 2 aromatic rings. The number of hydrogen-bond acceptors (Lipinski definition) is 4. The van der Waals surface area contributed by atoms with Gasteiger partial charge in [-0.3, -0.25) is 4.72 Å². The molecule has 2 rings (SSSR count). The number of benzene rings is 1. The van der Waals surface area contributed by atoms with Crippen LogP contribution in [0.1, 0.15) is 0 Å². The van der Waals surface area contributed by atoms with Crippen molar-refractivity contribution in [3.63, 3.8) is 0 Å². The number of anilines is 1. The Morgan fingerprint density at radius 1 is 1.05 bits per heavy atom. The molecule has 0 saturated heterocycles. The summed E-state index contributed by atoms with van der Waals surface area (Å²) in [6.45, 7) is 0. The summed E-state index contributed by atoms with van der Waals surface area (Å²) >= 11 is 20.7. The van der Waals surface area contributed by atoms with E-state index in [1.165, 1.54) is 18.2 Å². The van der Waals surface area contributed by atoms with Crippen LogP contribution in [0.15, 0.2) is 33.9 Å². The van der Waals surface area contributed by atoms with Gasteiger partial charge in [-0.05, 0) is 12.1 Å². The summed E-state index contributed by atoms with van der Waals surface area (Å²) < 4.78 is 27.3. The molecule has 5 nitrogen and oxygen atoms in total. The van der Waals surface area contributed by atoms with Crippen molar-refractivity contribution in [1.82, 2.24) is 9.97 Å². The largest absolute Gasteiger partial charge is 0.266 e. The van der Waals surface area contributed by atoms with Crippen molar-refractivity contribution in [3.8, 4) is 0 Å². The highest BCUT2D eigenvalue weighted by Gasteiger charge is 2.23. The molecule has 0 bridgehead atoms. The second-order valence-corrected chi connectivity index (χ2v) is 7.27. The Morgan fingerprint density at radius 2 is 1.65 bits per heavy atom. The first kappa shape index (κ1) is 15.8. The predicted octanol–water partition coefficient (Wildman–Crippen LogP) is 4.00. The van der Waals surface area contributed by atoms with Crippen molar-refractivity contribution in [2.24, 2.45) is 0 Å². The van der Waals surface area contributed by atoms with Gasteiger partial charge in [0.1, 0.15) is 22.2 Å². The van der Waals surface area contributed by atoms with Crippen LogP contribution in [0.25, 0.3) is 0 Å². The molecular weight excluding hydrogens is 412 g/mol. The van der Waals surface area contributed by atoms with Crippen molar-refractivity contribution < 1.29 is 8.42 Å². The summed E-state index contributed by atoms with van der Waals surface area (Å²) in [5.41, 5.74) is 0. The van der Waals surface area contributed by atoms with Crippen molar-refractivity contribution in [3.05, 3.63) is 44.2 Å². The number of sulfonamides is 1. The predicted molar refractivity (Wildman–Crippen MR) is 82.0 cm³/mol. The monoisotopic (exact) mass is 415 g/mol. The molecule has 1 N–H and O–H groups in total. The van der Waals surface area contributed by atoms with E-state index in [-0.39, 0.29) is 25.9 Å². The molecule has 106 valence electrons. The average Bonchev–Trinajstić information content (AvgIpc) is 2.25. The fraction of sp³-hybridized carbons (Fsp3) is 0. The zero-order valence-corrected chi connectivity index (χ0v) is 14.1. The summed E-state index contributed by atoms with van der Waals surface area (Å²) in [6.07, 6.45) is 1.13. The van der Waals surface area contributed by atoms with Gasteiger partial charge in [-0.25, -0.2) is 18.4 Å². The standard InChI is InChI=1S/C10H5BrCl3N3O2S/c11-5-1-6(12)10(7(13)2-5)20(18,19)17-9-3-8(14)15-4-16-9/h1-4H,(H,15,16,17). The molecule has 0 fully saturated rings. The fourth-order valence-electron chi connectivity index (χ4n) is 1.36. The van der Waals surface area contributed by atoms with E-state index < -0.39 is 10.0 Å². The first-order chi connectivity index (χ1) is 9.29. The third-order valence-corrected chi connectivity index (χ3v) is 5.04. The Bertz CT molecular complexity index is 747. The highest BCUT2D eigenvalue weighted by atomic mass is 79.9. The maximum atomic E-state index is 12.3. The molecule has 0 spiro atoms. The molecule has 0 aliphatic carbocycles. The molecule has 0 saturated carbocycles. The number of hydrogen-bond donors (Lipinski definition) is 1. The lowest BCUT2D eigenvalue weighted by Gasteiger charge is -2.10. The van der Waals surface area contributed by atoms with E-state index in [9.17, 15) is 8.42 Å². The van der Waals surface area contributed by atoms with Crippen molar-refractivity contribution >= 4 is 66.6 Å². The van der Waals surface area contributed by atoms with Crippen LogP contribution in [-0.2, 0) is 10.0 Å². The van der Waals surface area contributed by atoms with Crippen molar-refractivity contribution in [1.29, 1.82) is 0 Å². The third kappa shape index (κ3) is 3.53. The lowest BCUT2D eigenvalue weighted by atomic mass is 10.4. The maximum Gasteiger partial charge on any atom is 0.266 e. The van der Waals surface area contributed by atoms with Crippen LogP contribution in [0, 0.1) is 0 Å². The Kier molecular flexibility index (Phi) is 4.76. The number of rotatable bonds is 3. The molecule has 0 aliphatic rings. The quantitative estimate of drug-likeness (QED) is 0.767. The zero-order valence-electron chi connectivity index (χ0n) is 9.44. The molecule has 1 aromatic carbocycles. The van der Waals surface area contributed by atoms with Gasteiger partial charge in [-0.15, -0.1) is 0 Å². The van der Waals surface area contributed by atoms with E-state index in [4.69, 9.17) is 34.8 Å². The Balaban J connectivity index is 2.46. The van der Waals surface area contributed by atoms with Gasteiger partial charge in [0.2, 0.25) is 0 Å². The van der Waals surface area contributed by atoms with E-state index in [2.05, 4.69) is 30.6 Å². The molecule has 1 aromatic heterocycles. The highest BCUT2D eigenvalue weighted by molar-refractivity contribution is 9.10. The maximum absolute atomic E-state index is 12.3. The average molecular weight is 417 g/mol. The topological polar surface area (TPSA) is 72.0 Å². The summed E-state index contributed by atoms with van der Waals surface area (Å²) in [6, 6.07) is 4.11. The van der Waals surface area contributed by atoms with Crippen LogP contribution in [0.4, 0.5) is 5.82 Å². The molecule has 20 heavy (non-hydrogen) atoms. The molecule has 0 radical (unpaired) electrons. The van der Waals surface area contributed by atoms with Crippen LogP contribution in [0.3, 0.4) is 0 Å². The minimum Gasteiger partial charge on any atom is -0.263 e. The molecular formula is C10H5BrCl3N3O2S. The SMILES string of the molecule is O=S(=O)(Nc1cc(Cl)ncn1)c1c(Cl)cc(Br)cc1Cl. The normalized spacial score (nSPS) is 11.4. The van der Waals surface area contributed by atoms with Gasteiger partial charge in [0.25, 0.3) is 10.0 Å². The molecule has 0 aliphatic heterocycles. The first-order valence-electron chi connectivity index (χ1n) is 4.94. The summed E-state index contributed by atoms with van der Waals surface area (Å²) in [4.78, 5) is 7.16. The Hall–Kier alpha value is -0.600. The zero-order chi connectivity index (χ0) is 14.9. The molecule has 0 amide bonds. The van der Waals surface area contributed by atoms with Crippen LogP contribution in [0.5, 0.6) is 0 Å². The van der Waals surface area contributed by atoms with Gasteiger partial charge >= 0.3 is 0 Å². The van der Waals surface area contributed by atoms with Gasteiger partial charge in [-0.2, -0.15) is 0 Å². The van der Waals surface area contributed by atoms with Crippen LogP contribution < -0.4 is 4.72 Å². The highest BCUT2D eigenvalue weighted by Crippen LogP contribution is 2.33. The Morgan fingerprint density at radius 3 is 2.20 bits per heavy atom. The fourth-order valence-corrected chi connectivity index (χ4v) is 4.45. The van der Waals surface area contributed by atoms with E-state index in [0.29, 0.717) is 4.47 Å². The minimum atomic E-state index is -3.99. The second-order valence-electron chi connectivity index (χ2n) is 3.53. The molecule has 1 heterocycles. The van der Waals surface area contributed by atoms with E-state index in [1.54, 1.807) is 0 Å². The second kappa shape index (κ2) is 6.03. The van der Waals surface area contributed by atoms with Gasteiger partial charge in [0.15, 0.2) is 0 Å². The van der Waals surface area contributed by atoms with Crippen LogP contribution in [0.2, 0.25) is 15.2 Å². The number of nitrogens with zero attached hydrogens (tertiary/aromatic N) is 2. The number of halogens is 4. The number of nitrogens with one attached hydrogen (secondary N) is 1. The van der Waals surface area contributed by atoms with Crippen molar-refractivity contribution in [2.45, 2.75) is 4.90 Å². The molecule has 0 unspecified atom stereocenters. The van der Waals surface area contributed by atoms with E-state index in [0.717, 1.165) is 6.33 Å². The summed E-state index contributed by atoms with van der Waals surface area (Å²) in [7, 11) is -3.99. The van der Waals surface area contributed by atoms with Crippen molar-refractivity contribution in [2.75, 3.05) is 4.72 Å². The summed E-state index contributed by atoms with van der Waals surface area (Å²) in [5, 5.41) is 0.0692.